The standard InChI is InChI=1S/C24H18N.C13H28O2.Ir/c1-24(2)22-17-9-4-3-8-16(17)13-14-19(22)18-10-7-11-20(23(18)24)21-12-5-6-15-25-21;1-7-12(3,4)10(14)9-11(15)13(5,6)8-2;/h3-10,12-15H,1-2H3;10-11,14-15H,7-9H2,1-6H3;/q-1;;. The fourth-order valence-corrected chi connectivity index (χ4v) is 5.70. The molecule has 3 aromatic carbocycles. The molecule has 3 nitrogen and oxygen atoms in total. The summed E-state index contributed by atoms with van der Waals surface area (Å²) in [6.07, 6.45) is 3.32. The van der Waals surface area contributed by atoms with E-state index in [4.69, 9.17) is 0 Å². The predicted molar refractivity (Wildman–Crippen MR) is 168 cm³/mol. The molecule has 1 aliphatic carbocycles. The number of benzene rings is 3. The first-order valence-corrected chi connectivity index (χ1v) is 14.7. The van der Waals surface area contributed by atoms with Gasteiger partial charge in [0.1, 0.15) is 0 Å². The Morgan fingerprint density at radius 1 is 0.780 bits per heavy atom. The minimum atomic E-state index is -0.427. The van der Waals surface area contributed by atoms with Crippen molar-refractivity contribution in [2.24, 2.45) is 10.8 Å². The van der Waals surface area contributed by atoms with Gasteiger partial charge in [0.2, 0.25) is 0 Å². The molecule has 0 saturated carbocycles. The maximum absolute atomic E-state index is 10.0. The van der Waals surface area contributed by atoms with Crippen molar-refractivity contribution in [3.8, 4) is 22.4 Å². The number of fused-ring (bicyclic) bond motifs is 5. The Balaban J connectivity index is 0.000000253. The van der Waals surface area contributed by atoms with Crippen LogP contribution in [0.2, 0.25) is 0 Å². The summed E-state index contributed by atoms with van der Waals surface area (Å²) in [5.74, 6) is 0. The summed E-state index contributed by atoms with van der Waals surface area (Å²) in [6, 6.07) is 26.9. The van der Waals surface area contributed by atoms with Crippen molar-refractivity contribution in [2.75, 3.05) is 0 Å². The zero-order chi connectivity index (χ0) is 29.3. The van der Waals surface area contributed by atoms with Crippen LogP contribution in [-0.2, 0) is 25.5 Å². The molecular weight excluding hydrogens is 683 g/mol. The largest absolute Gasteiger partial charge is 0.392 e. The first-order chi connectivity index (χ1) is 18.8. The number of pyridine rings is 1. The van der Waals surface area contributed by atoms with E-state index in [0.717, 1.165) is 24.1 Å². The van der Waals surface area contributed by atoms with Crippen LogP contribution in [0.4, 0.5) is 0 Å². The molecule has 0 spiro atoms. The topological polar surface area (TPSA) is 53.4 Å². The summed E-state index contributed by atoms with van der Waals surface area (Å²) in [5.41, 5.74) is 7.20. The van der Waals surface area contributed by atoms with Crippen molar-refractivity contribution in [1.82, 2.24) is 4.98 Å². The van der Waals surface area contributed by atoms with Crippen LogP contribution in [0.3, 0.4) is 0 Å². The predicted octanol–water partition coefficient (Wildman–Crippen LogP) is 8.98. The molecule has 0 bridgehead atoms. The third-order valence-corrected chi connectivity index (χ3v) is 9.46. The van der Waals surface area contributed by atoms with Gasteiger partial charge in [-0.3, -0.25) is 0 Å². The van der Waals surface area contributed by atoms with Crippen molar-refractivity contribution in [3.05, 3.63) is 90.1 Å². The summed E-state index contributed by atoms with van der Waals surface area (Å²) >= 11 is 0. The molecule has 1 aromatic heterocycles. The van der Waals surface area contributed by atoms with Gasteiger partial charge in [0, 0.05) is 32.7 Å². The van der Waals surface area contributed by atoms with Crippen molar-refractivity contribution >= 4 is 10.8 Å². The first-order valence-electron chi connectivity index (χ1n) is 14.7. The number of rotatable bonds is 7. The van der Waals surface area contributed by atoms with E-state index in [1.54, 1.807) is 0 Å². The zero-order valence-electron chi connectivity index (χ0n) is 25.9. The monoisotopic (exact) mass is 729 g/mol. The molecule has 5 rings (SSSR count). The number of aliphatic hydroxyl groups excluding tert-OH is 2. The molecule has 221 valence electrons. The zero-order valence-corrected chi connectivity index (χ0v) is 28.3. The SMILES string of the molecule is CC1(C)c2c(-c3ccccn3)[c-]ccc2-c2ccc3ccccc3c21.CCC(C)(C)C(O)CC(O)C(C)(C)CC.[Ir]. The third-order valence-electron chi connectivity index (χ3n) is 9.46. The van der Waals surface area contributed by atoms with Crippen LogP contribution in [0.25, 0.3) is 33.2 Å². The van der Waals surface area contributed by atoms with E-state index in [1.807, 2.05) is 52.1 Å². The van der Waals surface area contributed by atoms with Gasteiger partial charge in [0.15, 0.2) is 0 Å². The van der Waals surface area contributed by atoms with Crippen molar-refractivity contribution < 1.29 is 30.3 Å². The van der Waals surface area contributed by atoms with Crippen LogP contribution in [0.5, 0.6) is 0 Å². The quantitative estimate of drug-likeness (QED) is 0.187. The van der Waals surface area contributed by atoms with Gasteiger partial charge < -0.3 is 15.2 Å². The Morgan fingerprint density at radius 3 is 1.95 bits per heavy atom. The van der Waals surface area contributed by atoms with Crippen LogP contribution in [0.15, 0.2) is 72.9 Å². The molecule has 4 heteroatoms. The normalized spacial score (nSPS) is 15.2. The fourth-order valence-electron chi connectivity index (χ4n) is 5.70. The van der Waals surface area contributed by atoms with Gasteiger partial charge >= 0.3 is 0 Å². The summed E-state index contributed by atoms with van der Waals surface area (Å²) in [6.45, 7) is 17.0. The maximum Gasteiger partial charge on any atom is 0.0615 e. The third kappa shape index (κ3) is 6.52. The molecule has 1 radical (unpaired) electrons. The van der Waals surface area contributed by atoms with Crippen LogP contribution < -0.4 is 0 Å². The molecule has 1 aliphatic rings. The number of aromatic nitrogens is 1. The second-order valence-electron chi connectivity index (χ2n) is 13.1. The summed E-state index contributed by atoms with van der Waals surface area (Å²) < 4.78 is 0. The molecule has 2 unspecified atom stereocenters. The molecule has 0 fully saturated rings. The van der Waals surface area contributed by atoms with Crippen LogP contribution in [0, 0.1) is 16.9 Å². The first kappa shape index (κ1) is 33.1. The van der Waals surface area contributed by atoms with E-state index in [-0.39, 0.29) is 36.4 Å². The van der Waals surface area contributed by atoms with Gasteiger partial charge in [0.25, 0.3) is 0 Å². The van der Waals surface area contributed by atoms with E-state index in [9.17, 15) is 10.2 Å². The molecular formula is C37H46IrNO2-. The number of nitrogens with zero attached hydrogens (tertiary/aromatic N) is 1. The number of hydrogen-bond acceptors (Lipinski definition) is 3. The van der Waals surface area contributed by atoms with Gasteiger partial charge in [-0.1, -0.05) is 109 Å². The Labute approximate surface area is 260 Å². The second-order valence-corrected chi connectivity index (χ2v) is 13.1. The van der Waals surface area contributed by atoms with E-state index >= 15 is 0 Å². The summed E-state index contributed by atoms with van der Waals surface area (Å²) in [7, 11) is 0. The average Bonchev–Trinajstić information content (AvgIpc) is 3.20. The molecule has 0 saturated heterocycles. The Hall–Kier alpha value is -2.36. The average molecular weight is 729 g/mol. The molecule has 4 aromatic rings. The maximum atomic E-state index is 10.0. The minimum Gasteiger partial charge on any atom is -0.392 e. The molecule has 41 heavy (non-hydrogen) atoms. The van der Waals surface area contributed by atoms with Crippen LogP contribution in [-0.4, -0.2) is 27.4 Å². The van der Waals surface area contributed by atoms with Gasteiger partial charge in [-0.25, -0.2) is 0 Å². The van der Waals surface area contributed by atoms with E-state index in [0.29, 0.717) is 6.42 Å². The van der Waals surface area contributed by atoms with Gasteiger partial charge in [-0.05, 0) is 62.7 Å². The van der Waals surface area contributed by atoms with E-state index < -0.39 is 12.2 Å². The molecule has 0 amide bonds. The molecule has 2 N–H and O–H groups in total. The van der Waals surface area contributed by atoms with E-state index in [2.05, 4.69) is 87.3 Å². The van der Waals surface area contributed by atoms with Gasteiger partial charge in [0.05, 0.1) is 12.2 Å². The van der Waals surface area contributed by atoms with Gasteiger partial charge in [-0.15, -0.1) is 29.3 Å². The van der Waals surface area contributed by atoms with Crippen molar-refractivity contribution in [1.29, 1.82) is 0 Å². The van der Waals surface area contributed by atoms with Crippen molar-refractivity contribution in [2.45, 2.75) is 92.3 Å². The van der Waals surface area contributed by atoms with Gasteiger partial charge in [-0.2, -0.15) is 0 Å². The second kappa shape index (κ2) is 12.9. The Kier molecular flexibility index (Phi) is 10.4. The summed E-state index contributed by atoms with van der Waals surface area (Å²) in [5, 5.41) is 22.7. The van der Waals surface area contributed by atoms with Crippen LogP contribution >= 0.6 is 0 Å². The Morgan fingerprint density at radius 2 is 1.37 bits per heavy atom. The Bertz CT molecular complexity index is 1440. The van der Waals surface area contributed by atoms with Crippen LogP contribution in [0.1, 0.15) is 85.8 Å². The molecule has 2 atom stereocenters. The van der Waals surface area contributed by atoms with Crippen molar-refractivity contribution in [3.63, 3.8) is 0 Å². The minimum absolute atomic E-state index is 0. The number of hydrogen-bond donors (Lipinski definition) is 2. The molecule has 0 aliphatic heterocycles. The fraction of sp³-hybridized carbons (Fsp3) is 0.432. The number of aliphatic hydroxyl groups is 2. The smallest absolute Gasteiger partial charge is 0.0615 e. The molecule has 1 heterocycles. The van der Waals surface area contributed by atoms with E-state index in [1.165, 1.54) is 33.0 Å². The summed E-state index contributed by atoms with van der Waals surface area (Å²) in [4.78, 5) is 4.59.